The van der Waals surface area contributed by atoms with Crippen molar-refractivity contribution in [2.45, 2.75) is 44.7 Å². The Morgan fingerprint density at radius 3 is 2.73 bits per heavy atom. The van der Waals surface area contributed by atoms with Crippen LogP contribution in [-0.2, 0) is 0 Å². The topological polar surface area (TPSA) is 69.0 Å². The molecule has 5 heteroatoms. The van der Waals surface area contributed by atoms with E-state index in [1.807, 2.05) is 29.2 Å². The molecule has 1 saturated carbocycles. The summed E-state index contributed by atoms with van der Waals surface area (Å²) in [6.45, 7) is 2.23. The van der Waals surface area contributed by atoms with Crippen molar-refractivity contribution >= 4 is 11.7 Å². The number of anilines is 1. The molecule has 132 valence electrons. The van der Waals surface area contributed by atoms with Gasteiger partial charge in [0.1, 0.15) is 0 Å². The summed E-state index contributed by atoms with van der Waals surface area (Å²) in [7, 11) is 0. The second-order valence-electron chi connectivity index (χ2n) is 7.21. The summed E-state index contributed by atoms with van der Waals surface area (Å²) in [6, 6.07) is 13.9. The highest BCUT2D eigenvalue weighted by atomic mass is 16.2. The van der Waals surface area contributed by atoms with Crippen LogP contribution in [0.2, 0.25) is 0 Å². The first-order chi connectivity index (χ1) is 12.7. The molecule has 2 saturated heterocycles. The first kappa shape index (κ1) is 16.6. The third-order valence-corrected chi connectivity index (χ3v) is 5.69. The van der Waals surface area contributed by atoms with Crippen LogP contribution in [0.15, 0.2) is 42.6 Å². The Kier molecular flexibility index (Phi) is 4.34. The predicted octanol–water partition coefficient (Wildman–Crippen LogP) is 4.42. The van der Waals surface area contributed by atoms with Crippen molar-refractivity contribution in [1.29, 1.82) is 5.26 Å². The molecule has 2 aromatic rings. The summed E-state index contributed by atoms with van der Waals surface area (Å²) < 4.78 is 0. The minimum atomic E-state index is -0.0301. The number of amides is 2. The van der Waals surface area contributed by atoms with Crippen LogP contribution in [0.1, 0.15) is 38.2 Å². The highest BCUT2D eigenvalue weighted by molar-refractivity contribution is 5.91. The van der Waals surface area contributed by atoms with Crippen LogP contribution in [0.5, 0.6) is 0 Å². The molecule has 3 heterocycles. The molecule has 1 N–H and O–H groups in total. The highest BCUT2D eigenvalue weighted by Gasteiger charge is 2.47. The lowest BCUT2D eigenvalue weighted by atomic mass is 9.73. The maximum atomic E-state index is 12.7. The van der Waals surface area contributed by atoms with Gasteiger partial charge in [-0.3, -0.25) is 4.98 Å². The lowest BCUT2D eigenvalue weighted by Gasteiger charge is -2.55. The van der Waals surface area contributed by atoms with Crippen molar-refractivity contribution < 1.29 is 4.79 Å². The summed E-state index contributed by atoms with van der Waals surface area (Å²) in [6.07, 6.45) is 6.27. The quantitative estimate of drug-likeness (QED) is 0.894. The first-order valence-electron chi connectivity index (χ1n) is 9.24. The molecule has 5 rings (SSSR count). The molecule has 1 aromatic heterocycles. The molecule has 2 amide bonds. The van der Waals surface area contributed by atoms with Crippen LogP contribution < -0.4 is 5.32 Å². The van der Waals surface area contributed by atoms with Gasteiger partial charge in [0.15, 0.2) is 0 Å². The van der Waals surface area contributed by atoms with E-state index in [1.54, 1.807) is 18.3 Å². The zero-order valence-corrected chi connectivity index (χ0v) is 14.9. The van der Waals surface area contributed by atoms with E-state index < -0.39 is 0 Å². The summed E-state index contributed by atoms with van der Waals surface area (Å²) in [4.78, 5) is 19.1. The number of benzene rings is 1. The van der Waals surface area contributed by atoms with Crippen molar-refractivity contribution in [3.05, 3.63) is 48.2 Å². The van der Waals surface area contributed by atoms with Crippen molar-refractivity contribution in [3.63, 3.8) is 0 Å². The van der Waals surface area contributed by atoms with Gasteiger partial charge in [-0.05, 0) is 55.5 Å². The van der Waals surface area contributed by atoms with E-state index in [0.717, 1.165) is 36.4 Å². The van der Waals surface area contributed by atoms with E-state index in [1.165, 1.54) is 6.42 Å². The zero-order valence-electron chi connectivity index (χ0n) is 14.9. The monoisotopic (exact) mass is 346 g/mol. The Hall–Kier alpha value is -2.87. The molecule has 1 unspecified atom stereocenters. The second-order valence-corrected chi connectivity index (χ2v) is 7.21. The van der Waals surface area contributed by atoms with Crippen LogP contribution in [0.4, 0.5) is 10.5 Å². The van der Waals surface area contributed by atoms with Crippen molar-refractivity contribution in [1.82, 2.24) is 9.88 Å². The van der Waals surface area contributed by atoms with Gasteiger partial charge in [-0.15, -0.1) is 0 Å². The molecule has 0 spiro atoms. The highest BCUT2D eigenvalue weighted by Crippen LogP contribution is 2.42. The van der Waals surface area contributed by atoms with E-state index in [-0.39, 0.29) is 6.03 Å². The predicted molar refractivity (Wildman–Crippen MR) is 100 cm³/mol. The van der Waals surface area contributed by atoms with Gasteiger partial charge < -0.3 is 10.2 Å². The Labute approximate surface area is 153 Å². The number of nitriles is 1. The van der Waals surface area contributed by atoms with Gasteiger partial charge in [-0.1, -0.05) is 19.4 Å². The fourth-order valence-electron chi connectivity index (χ4n) is 4.29. The van der Waals surface area contributed by atoms with E-state index in [9.17, 15) is 10.1 Å². The molecule has 2 bridgehead atoms. The number of nitrogens with zero attached hydrogens (tertiary/aromatic N) is 3. The van der Waals surface area contributed by atoms with Gasteiger partial charge in [0, 0.05) is 29.5 Å². The normalized spacial score (nSPS) is 23.7. The number of nitrogens with one attached hydrogen (secondary N) is 1. The third-order valence-electron chi connectivity index (χ3n) is 5.69. The molecule has 3 fully saturated rings. The van der Waals surface area contributed by atoms with Crippen LogP contribution in [-0.4, -0.2) is 28.0 Å². The lowest BCUT2D eigenvalue weighted by molar-refractivity contribution is -0.0112. The van der Waals surface area contributed by atoms with E-state index >= 15 is 0 Å². The molecule has 2 aliphatic heterocycles. The number of pyridine rings is 1. The first-order valence-corrected chi connectivity index (χ1v) is 9.24. The number of aromatic nitrogens is 1. The lowest BCUT2D eigenvalue weighted by Crippen LogP contribution is -2.63. The Bertz CT molecular complexity index is 846. The fraction of sp³-hybridized carbons (Fsp3) is 0.381. The number of rotatable bonds is 3. The number of piperidine rings is 1. The number of hydrogen-bond acceptors (Lipinski definition) is 3. The summed E-state index contributed by atoms with van der Waals surface area (Å²) >= 11 is 0. The molecule has 1 aromatic carbocycles. The average Bonchev–Trinajstić information content (AvgIpc) is 2.68. The zero-order chi connectivity index (χ0) is 18.1. The molecule has 5 nitrogen and oxygen atoms in total. The largest absolute Gasteiger partial charge is 0.322 e. The Morgan fingerprint density at radius 2 is 2.08 bits per heavy atom. The van der Waals surface area contributed by atoms with Crippen LogP contribution in [0.3, 0.4) is 0 Å². The summed E-state index contributed by atoms with van der Waals surface area (Å²) in [5, 5.41) is 12.4. The fourth-order valence-corrected chi connectivity index (χ4v) is 4.29. The number of fused-ring (bicyclic) bond motifs is 2. The standard InChI is InChI=1S/C21H22N4O/c1-2-14-9-17-12-18(10-14)25(17)21(26)24-16-7-6-15(13-22)19(11-16)20-5-3-4-8-23-20/h3-8,11,14,17-18H,2,9-10,12H2,1H3,(H,24,26)/t14?,17-,18+. The van der Waals surface area contributed by atoms with Crippen molar-refractivity contribution in [3.8, 4) is 17.3 Å². The maximum Gasteiger partial charge on any atom is 0.322 e. The number of urea groups is 1. The number of carbonyl (C=O) groups excluding carboxylic acids is 1. The van der Waals surface area contributed by atoms with Gasteiger partial charge in [0.25, 0.3) is 0 Å². The molecular weight excluding hydrogens is 324 g/mol. The minimum Gasteiger partial charge on any atom is -0.318 e. The Balaban J connectivity index is 1.53. The number of carbonyl (C=O) groups is 1. The van der Waals surface area contributed by atoms with Gasteiger partial charge in [0.2, 0.25) is 0 Å². The molecule has 3 atom stereocenters. The minimum absolute atomic E-state index is 0.0301. The third kappa shape index (κ3) is 2.92. The molecule has 26 heavy (non-hydrogen) atoms. The van der Waals surface area contributed by atoms with Gasteiger partial charge >= 0.3 is 6.03 Å². The van der Waals surface area contributed by atoms with Gasteiger partial charge in [-0.25, -0.2) is 4.79 Å². The van der Waals surface area contributed by atoms with E-state index in [0.29, 0.717) is 23.3 Å². The van der Waals surface area contributed by atoms with Crippen LogP contribution >= 0.6 is 0 Å². The second kappa shape index (κ2) is 6.80. The van der Waals surface area contributed by atoms with Gasteiger partial charge in [0.05, 0.1) is 17.3 Å². The van der Waals surface area contributed by atoms with Crippen LogP contribution in [0.25, 0.3) is 11.3 Å². The molecule has 1 aliphatic carbocycles. The average molecular weight is 346 g/mol. The smallest absolute Gasteiger partial charge is 0.318 e. The summed E-state index contributed by atoms with van der Waals surface area (Å²) in [5.41, 5.74) is 2.72. The summed E-state index contributed by atoms with van der Waals surface area (Å²) in [5.74, 6) is 0.758. The van der Waals surface area contributed by atoms with Crippen molar-refractivity contribution in [2.75, 3.05) is 5.32 Å². The number of hydrogen-bond donors (Lipinski definition) is 1. The molecule has 0 radical (unpaired) electrons. The molecular formula is C21H22N4O. The Morgan fingerprint density at radius 1 is 1.27 bits per heavy atom. The van der Waals surface area contributed by atoms with Crippen molar-refractivity contribution in [2.24, 2.45) is 5.92 Å². The maximum absolute atomic E-state index is 12.7. The van der Waals surface area contributed by atoms with Gasteiger partial charge in [-0.2, -0.15) is 5.26 Å². The van der Waals surface area contributed by atoms with Crippen LogP contribution in [0, 0.1) is 17.2 Å². The van der Waals surface area contributed by atoms with E-state index in [2.05, 4.69) is 23.3 Å². The SMILES string of the molecule is CCC1C[C@@H]2C[C@H](C1)N2C(=O)Nc1ccc(C#N)c(-c2ccccn2)c1. The molecule has 3 aliphatic rings. The van der Waals surface area contributed by atoms with E-state index in [4.69, 9.17) is 0 Å².